The van der Waals surface area contributed by atoms with Crippen molar-refractivity contribution in [2.24, 2.45) is 11.7 Å². The van der Waals surface area contributed by atoms with Crippen LogP contribution in [0.5, 0.6) is 0 Å². The summed E-state index contributed by atoms with van der Waals surface area (Å²) in [5, 5.41) is -0.142. The van der Waals surface area contributed by atoms with Crippen LogP contribution in [-0.4, -0.2) is 51.5 Å². The molecule has 2 unspecified atom stereocenters. The Morgan fingerprint density at radius 2 is 2.00 bits per heavy atom. The zero-order chi connectivity index (χ0) is 15.8. The summed E-state index contributed by atoms with van der Waals surface area (Å²) in [6.45, 7) is 2.67. The Kier molecular flexibility index (Phi) is 4.39. The number of hydrogen-bond acceptors (Lipinski definition) is 6. The van der Waals surface area contributed by atoms with Gasteiger partial charge in [-0.15, -0.1) is 0 Å². The van der Waals surface area contributed by atoms with Crippen LogP contribution in [0, 0.1) is 5.92 Å². The van der Waals surface area contributed by atoms with Crippen molar-refractivity contribution in [3.05, 3.63) is 18.3 Å². The van der Waals surface area contributed by atoms with Crippen LogP contribution in [-0.2, 0) is 19.9 Å². The maximum Gasteiger partial charge on any atom is 0.244 e. The number of sulfonamides is 1. The first kappa shape index (κ1) is 16.3. The highest BCUT2D eigenvalue weighted by Crippen LogP contribution is 2.25. The minimum atomic E-state index is -3.65. The molecule has 2 N–H and O–H groups in total. The second-order valence-electron chi connectivity index (χ2n) is 5.38. The molecule has 1 aliphatic heterocycles. The first-order valence-electron chi connectivity index (χ1n) is 6.54. The van der Waals surface area contributed by atoms with Crippen LogP contribution in [0.1, 0.15) is 13.3 Å². The van der Waals surface area contributed by atoms with Gasteiger partial charge >= 0.3 is 0 Å². The molecule has 0 bridgehead atoms. The molecular formula is C12H19N3O4S2. The highest BCUT2D eigenvalue weighted by Gasteiger charge is 2.34. The summed E-state index contributed by atoms with van der Waals surface area (Å²) < 4.78 is 49.0. The van der Waals surface area contributed by atoms with Gasteiger partial charge in [0.1, 0.15) is 4.90 Å². The van der Waals surface area contributed by atoms with Gasteiger partial charge in [0, 0.05) is 31.6 Å². The smallest absolute Gasteiger partial charge is 0.244 e. The molecule has 1 aromatic rings. The SMILES string of the molecule is CC(N)C1CCN(S(=O)(=O)c2ccc(S(C)(=O)=O)nc2)C1. The lowest BCUT2D eigenvalue weighted by Crippen LogP contribution is -2.33. The summed E-state index contributed by atoms with van der Waals surface area (Å²) in [4.78, 5) is 3.72. The Bertz CT molecular complexity index is 711. The molecular weight excluding hydrogens is 314 g/mol. The van der Waals surface area contributed by atoms with Crippen molar-refractivity contribution < 1.29 is 16.8 Å². The standard InChI is InChI=1S/C12H19N3O4S2/c1-9(13)10-5-6-15(8-10)21(18,19)11-3-4-12(14-7-11)20(2,16)17/h3-4,7,9-10H,5-6,8,13H2,1-2H3. The quantitative estimate of drug-likeness (QED) is 0.820. The van der Waals surface area contributed by atoms with Crippen LogP contribution < -0.4 is 5.73 Å². The minimum Gasteiger partial charge on any atom is -0.328 e. The molecule has 0 saturated carbocycles. The largest absolute Gasteiger partial charge is 0.328 e. The maximum absolute atomic E-state index is 12.5. The van der Waals surface area contributed by atoms with Crippen LogP contribution in [0.2, 0.25) is 0 Å². The lowest BCUT2D eigenvalue weighted by atomic mass is 10.0. The fourth-order valence-corrected chi connectivity index (χ4v) is 4.31. The molecule has 118 valence electrons. The fraction of sp³-hybridized carbons (Fsp3) is 0.583. The van der Waals surface area contributed by atoms with E-state index in [1.807, 2.05) is 6.92 Å². The van der Waals surface area contributed by atoms with E-state index in [9.17, 15) is 16.8 Å². The summed E-state index contributed by atoms with van der Waals surface area (Å²) in [5.41, 5.74) is 5.81. The topological polar surface area (TPSA) is 110 Å². The van der Waals surface area contributed by atoms with Gasteiger partial charge in [-0.3, -0.25) is 0 Å². The minimum absolute atomic E-state index is 0.000208. The molecule has 9 heteroatoms. The van der Waals surface area contributed by atoms with Crippen LogP contribution in [0.25, 0.3) is 0 Å². The lowest BCUT2D eigenvalue weighted by molar-refractivity contribution is 0.429. The van der Waals surface area contributed by atoms with E-state index in [4.69, 9.17) is 5.73 Å². The zero-order valence-corrected chi connectivity index (χ0v) is 13.6. The lowest BCUT2D eigenvalue weighted by Gasteiger charge is -2.18. The molecule has 0 radical (unpaired) electrons. The highest BCUT2D eigenvalue weighted by atomic mass is 32.2. The zero-order valence-electron chi connectivity index (χ0n) is 11.9. The van der Waals surface area contributed by atoms with Gasteiger partial charge in [-0.05, 0) is 31.4 Å². The highest BCUT2D eigenvalue weighted by molar-refractivity contribution is 7.90. The molecule has 0 aromatic carbocycles. The van der Waals surface area contributed by atoms with Crippen molar-refractivity contribution in [1.29, 1.82) is 0 Å². The molecule has 1 fully saturated rings. The Morgan fingerprint density at radius 3 is 2.43 bits per heavy atom. The number of nitrogens with two attached hydrogens (primary N) is 1. The number of sulfone groups is 1. The fourth-order valence-electron chi connectivity index (χ4n) is 2.29. The summed E-state index contributed by atoms with van der Waals surface area (Å²) in [6, 6.07) is 2.43. The van der Waals surface area contributed by atoms with E-state index < -0.39 is 19.9 Å². The van der Waals surface area contributed by atoms with Crippen LogP contribution in [0.4, 0.5) is 0 Å². The van der Waals surface area contributed by atoms with Gasteiger partial charge in [0.2, 0.25) is 10.0 Å². The molecule has 2 rings (SSSR count). The number of nitrogens with zero attached hydrogens (tertiary/aromatic N) is 2. The maximum atomic E-state index is 12.5. The van der Waals surface area contributed by atoms with Crippen LogP contribution in [0.15, 0.2) is 28.3 Å². The molecule has 0 aliphatic carbocycles. The first-order chi connectivity index (χ1) is 9.62. The summed E-state index contributed by atoms with van der Waals surface area (Å²) >= 11 is 0. The van der Waals surface area contributed by atoms with Crippen LogP contribution in [0.3, 0.4) is 0 Å². The molecule has 1 aliphatic rings. The third-order valence-corrected chi connectivity index (χ3v) is 6.51. The van der Waals surface area contributed by atoms with E-state index in [-0.39, 0.29) is 21.9 Å². The molecule has 1 aromatic heterocycles. The van der Waals surface area contributed by atoms with Crippen molar-refractivity contribution in [1.82, 2.24) is 9.29 Å². The van der Waals surface area contributed by atoms with Crippen molar-refractivity contribution >= 4 is 19.9 Å². The summed E-state index contributed by atoms with van der Waals surface area (Å²) in [6.07, 6.45) is 2.84. The van der Waals surface area contributed by atoms with Gasteiger partial charge in [-0.2, -0.15) is 4.31 Å². The predicted molar refractivity (Wildman–Crippen MR) is 77.9 cm³/mol. The van der Waals surface area contributed by atoms with Crippen LogP contribution >= 0.6 is 0 Å². The van der Waals surface area contributed by atoms with E-state index in [0.29, 0.717) is 13.1 Å². The van der Waals surface area contributed by atoms with Crippen molar-refractivity contribution in [2.45, 2.75) is 29.3 Å². The van der Waals surface area contributed by atoms with Crippen molar-refractivity contribution in [3.8, 4) is 0 Å². The summed E-state index contributed by atoms with van der Waals surface area (Å²) in [5.74, 6) is 0.142. The molecule has 0 spiro atoms. The van der Waals surface area contributed by atoms with E-state index >= 15 is 0 Å². The van der Waals surface area contributed by atoms with Gasteiger partial charge in [0.05, 0.1) is 0 Å². The van der Waals surface area contributed by atoms with E-state index in [2.05, 4.69) is 4.98 Å². The molecule has 2 atom stereocenters. The predicted octanol–water partition coefficient (Wildman–Crippen LogP) is -0.157. The van der Waals surface area contributed by atoms with Gasteiger partial charge in [0.15, 0.2) is 14.9 Å². The van der Waals surface area contributed by atoms with Gasteiger partial charge in [0.25, 0.3) is 0 Å². The first-order valence-corrected chi connectivity index (χ1v) is 9.87. The van der Waals surface area contributed by atoms with Gasteiger partial charge in [-0.1, -0.05) is 0 Å². The second-order valence-corrected chi connectivity index (χ2v) is 9.28. The Labute approximate surface area is 125 Å². The molecule has 7 nitrogen and oxygen atoms in total. The molecule has 21 heavy (non-hydrogen) atoms. The Hall–Kier alpha value is -1.03. The molecule has 1 saturated heterocycles. The average Bonchev–Trinajstić information content (AvgIpc) is 2.88. The Balaban J connectivity index is 2.25. The number of rotatable bonds is 4. The van der Waals surface area contributed by atoms with Crippen molar-refractivity contribution in [2.75, 3.05) is 19.3 Å². The molecule has 0 amide bonds. The Morgan fingerprint density at radius 1 is 1.33 bits per heavy atom. The van der Waals surface area contributed by atoms with E-state index in [0.717, 1.165) is 18.9 Å². The summed E-state index contributed by atoms with van der Waals surface area (Å²) in [7, 11) is -7.09. The van der Waals surface area contributed by atoms with Gasteiger partial charge in [-0.25, -0.2) is 21.8 Å². The van der Waals surface area contributed by atoms with Gasteiger partial charge < -0.3 is 5.73 Å². The number of pyridine rings is 1. The molecule has 2 heterocycles. The van der Waals surface area contributed by atoms with Crippen molar-refractivity contribution in [3.63, 3.8) is 0 Å². The third kappa shape index (κ3) is 3.42. The normalized spacial score (nSPS) is 22.3. The monoisotopic (exact) mass is 333 g/mol. The van der Waals surface area contributed by atoms with E-state index in [1.54, 1.807) is 0 Å². The van der Waals surface area contributed by atoms with E-state index in [1.165, 1.54) is 16.4 Å². The third-order valence-electron chi connectivity index (χ3n) is 3.66. The average molecular weight is 333 g/mol. The second kappa shape index (κ2) is 5.64. The number of hydrogen-bond donors (Lipinski definition) is 1. The number of aromatic nitrogens is 1.